The van der Waals surface area contributed by atoms with Crippen LogP contribution in [0.15, 0.2) is 30.3 Å². The molecular weight excluding hydrogens is 439 g/mol. The van der Waals surface area contributed by atoms with E-state index in [0.717, 1.165) is 5.56 Å². The fourth-order valence-electron chi connectivity index (χ4n) is 1.42. The third kappa shape index (κ3) is 22.8. The van der Waals surface area contributed by atoms with E-state index in [1.54, 1.807) is 12.1 Å². The van der Waals surface area contributed by atoms with E-state index in [-0.39, 0.29) is 51.1 Å². The van der Waals surface area contributed by atoms with Crippen LogP contribution in [-0.2, 0) is 16.1 Å². The fourth-order valence-corrected chi connectivity index (χ4v) is 1.42. The summed E-state index contributed by atoms with van der Waals surface area (Å²) in [6.07, 6.45) is -10.1. The number of hydrogen-bond donors (Lipinski definition) is 3. The molecular formula is C15H23Cl2F6N3O2. The van der Waals surface area contributed by atoms with Crippen molar-refractivity contribution in [3.05, 3.63) is 35.9 Å². The van der Waals surface area contributed by atoms with E-state index in [9.17, 15) is 31.1 Å². The zero-order valence-electron chi connectivity index (χ0n) is 14.6. The van der Waals surface area contributed by atoms with Crippen molar-refractivity contribution in [2.75, 3.05) is 19.6 Å². The predicted molar refractivity (Wildman–Crippen MR) is 97.1 cm³/mol. The van der Waals surface area contributed by atoms with Crippen LogP contribution in [0.25, 0.3) is 0 Å². The summed E-state index contributed by atoms with van der Waals surface area (Å²) in [6.45, 7) is -0.600. The average molecular weight is 462 g/mol. The van der Waals surface area contributed by atoms with Crippen molar-refractivity contribution in [1.29, 1.82) is 0 Å². The number of alkyl halides is 6. The first-order chi connectivity index (χ1) is 12.0. The normalized spacial score (nSPS) is 10.7. The summed E-state index contributed by atoms with van der Waals surface area (Å²) in [5, 5.41) is 2.38. The molecule has 4 N–H and O–H groups in total. The van der Waals surface area contributed by atoms with Crippen molar-refractivity contribution in [2.45, 2.75) is 31.8 Å². The Morgan fingerprint density at radius 1 is 0.929 bits per heavy atom. The summed E-state index contributed by atoms with van der Waals surface area (Å²) in [6, 6.07) is 9.05. The van der Waals surface area contributed by atoms with Gasteiger partial charge in [-0.15, -0.1) is 24.8 Å². The molecule has 0 saturated carbocycles. The topological polar surface area (TPSA) is 76.4 Å². The van der Waals surface area contributed by atoms with Crippen LogP contribution in [0.1, 0.15) is 18.4 Å². The van der Waals surface area contributed by atoms with Crippen LogP contribution in [0.5, 0.6) is 0 Å². The number of esters is 1. The Kier molecular flexibility index (Phi) is 18.7. The average Bonchev–Trinajstić information content (AvgIpc) is 2.55. The van der Waals surface area contributed by atoms with Gasteiger partial charge in [-0.25, -0.2) is 0 Å². The number of nitrogens with two attached hydrogens (primary N) is 1. The van der Waals surface area contributed by atoms with Crippen molar-refractivity contribution in [2.24, 2.45) is 5.84 Å². The maximum absolute atomic E-state index is 11.8. The second kappa shape index (κ2) is 16.7. The molecule has 0 heterocycles. The van der Waals surface area contributed by atoms with Gasteiger partial charge in [0.05, 0.1) is 19.4 Å². The van der Waals surface area contributed by atoms with Crippen molar-refractivity contribution in [3.8, 4) is 0 Å². The minimum Gasteiger partial charge on any atom is -0.460 e. The van der Waals surface area contributed by atoms with Gasteiger partial charge in [0.15, 0.2) is 0 Å². The number of nitrogens with one attached hydrogen (secondary N) is 2. The van der Waals surface area contributed by atoms with Crippen LogP contribution in [0.3, 0.4) is 0 Å². The van der Waals surface area contributed by atoms with E-state index in [1.807, 2.05) is 23.6 Å². The Morgan fingerprint density at radius 3 is 1.86 bits per heavy atom. The number of rotatable bonds is 8. The molecule has 0 bridgehead atoms. The van der Waals surface area contributed by atoms with Gasteiger partial charge in [-0.1, -0.05) is 30.3 Å². The van der Waals surface area contributed by atoms with E-state index >= 15 is 0 Å². The molecule has 1 aromatic carbocycles. The molecule has 166 valence electrons. The van der Waals surface area contributed by atoms with E-state index in [2.05, 4.69) is 11.2 Å². The van der Waals surface area contributed by atoms with Gasteiger partial charge in [0, 0.05) is 13.1 Å². The fraction of sp³-hybridized carbons (Fsp3) is 0.533. The quantitative estimate of drug-likeness (QED) is 0.181. The van der Waals surface area contributed by atoms with Gasteiger partial charge in [-0.3, -0.25) is 16.1 Å². The standard InChI is InChI=1S/C12H14F3NO2.C3H7F3N2.2ClH/c13-12(14,15)6-7-16-8-11(17)18-9-10-4-2-1-3-5-10;4-3(5,6)1-2-8-7;;/h1-5,16H,6-9H2;8H,1-2,7H2;2*1H. The minimum atomic E-state index is -4.21. The Hall–Kier alpha value is -1.27. The zero-order valence-corrected chi connectivity index (χ0v) is 16.2. The van der Waals surface area contributed by atoms with Crippen LogP contribution >= 0.6 is 24.8 Å². The molecule has 0 aromatic heterocycles. The number of carbonyl (C=O) groups is 1. The SMILES string of the molecule is Cl.Cl.NNCCC(F)(F)F.O=C(CNCCC(F)(F)F)OCc1ccccc1. The molecule has 28 heavy (non-hydrogen) atoms. The minimum absolute atomic E-state index is 0. The molecule has 0 spiro atoms. The van der Waals surface area contributed by atoms with Crippen LogP contribution in [0.2, 0.25) is 0 Å². The van der Waals surface area contributed by atoms with Crippen LogP contribution in [0, 0.1) is 0 Å². The smallest absolute Gasteiger partial charge is 0.390 e. The van der Waals surface area contributed by atoms with Crippen molar-refractivity contribution in [1.82, 2.24) is 10.7 Å². The van der Waals surface area contributed by atoms with Gasteiger partial charge in [0.25, 0.3) is 0 Å². The van der Waals surface area contributed by atoms with Gasteiger partial charge in [0.1, 0.15) is 6.61 Å². The highest BCUT2D eigenvalue weighted by Crippen LogP contribution is 2.18. The number of carbonyl (C=O) groups excluding carboxylic acids is 1. The molecule has 0 aliphatic heterocycles. The third-order valence-corrected chi connectivity index (χ3v) is 2.65. The number of ether oxygens (including phenoxy) is 1. The molecule has 1 rings (SSSR count). The lowest BCUT2D eigenvalue weighted by molar-refractivity contribution is -0.145. The molecule has 0 radical (unpaired) electrons. The lowest BCUT2D eigenvalue weighted by Gasteiger charge is -2.08. The first-order valence-electron chi connectivity index (χ1n) is 7.51. The van der Waals surface area contributed by atoms with E-state index < -0.39 is 31.2 Å². The maximum atomic E-state index is 11.8. The van der Waals surface area contributed by atoms with Crippen LogP contribution < -0.4 is 16.6 Å². The van der Waals surface area contributed by atoms with Crippen LogP contribution in [-0.4, -0.2) is 38.0 Å². The highest BCUT2D eigenvalue weighted by Gasteiger charge is 2.26. The second-order valence-corrected chi connectivity index (χ2v) is 5.01. The summed E-state index contributed by atoms with van der Waals surface area (Å²) in [5.74, 6) is 4.02. The number of hydrogen-bond acceptors (Lipinski definition) is 5. The van der Waals surface area contributed by atoms with Gasteiger partial charge in [-0.2, -0.15) is 26.3 Å². The Morgan fingerprint density at radius 2 is 1.43 bits per heavy atom. The first-order valence-corrected chi connectivity index (χ1v) is 7.51. The van der Waals surface area contributed by atoms with Gasteiger partial charge < -0.3 is 10.1 Å². The van der Waals surface area contributed by atoms with Crippen molar-refractivity contribution >= 4 is 30.8 Å². The van der Waals surface area contributed by atoms with Crippen molar-refractivity contribution in [3.63, 3.8) is 0 Å². The summed E-state index contributed by atoms with van der Waals surface area (Å²) in [7, 11) is 0. The number of benzene rings is 1. The largest absolute Gasteiger partial charge is 0.460 e. The molecule has 0 atom stereocenters. The summed E-state index contributed by atoms with van der Waals surface area (Å²) >= 11 is 0. The lowest BCUT2D eigenvalue weighted by atomic mass is 10.2. The van der Waals surface area contributed by atoms with Gasteiger partial charge >= 0.3 is 18.3 Å². The predicted octanol–water partition coefficient (Wildman–Crippen LogP) is 3.52. The van der Waals surface area contributed by atoms with E-state index in [0.29, 0.717) is 0 Å². The summed E-state index contributed by atoms with van der Waals surface area (Å²) < 4.78 is 73.7. The third-order valence-electron chi connectivity index (χ3n) is 2.65. The van der Waals surface area contributed by atoms with Gasteiger partial charge in [0.2, 0.25) is 0 Å². The summed E-state index contributed by atoms with van der Waals surface area (Å²) in [4.78, 5) is 11.2. The molecule has 0 saturated heterocycles. The maximum Gasteiger partial charge on any atom is 0.390 e. The molecule has 0 aliphatic carbocycles. The molecule has 5 nitrogen and oxygen atoms in total. The monoisotopic (exact) mass is 461 g/mol. The van der Waals surface area contributed by atoms with Crippen LogP contribution in [0.4, 0.5) is 26.3 Å². The second-order valence-electron chi connectivity index (χ2n) is 5.01. The Labute approximate surface area is 171 Å². The summed E-state index contributed by atoms with van der Waals surface area (Å²) in [5.41, 5.74) is 2.74. The molecule has 13 heteroatoms. The Bertz CT molecular complexity index is 505. The number of hydrazine groups is 1. The molecule has 0 aliphatic rings. The number of halogens is 8. The van der Waals surface area contributed by atoms with Crippen molar-refractivity contribution < 1.29 is 35.9 Å². The molecule has 0 fully saturated rings. The highest BCUT2D eigenvalue weighted by molar-refractivity contribution is 5.85. The first kappa shape index (κ1) is 31.4. The van der Waals surface area contributed by atoms with Gasteiger partial charge in [-0.05, 0) is 5.56 Å². The molecule has 0 unspecified atom stereocenters. The Balaban J connectivity index is -0.000000537. The highest BCUT2D eigenvalue weighted by atomic mass is 35.5. The molecule has 1 aromatic rings. The van der Waals surface area contributed by atoms with E-state index in [4.69, 9.17) is 4.74 Å². The molecule has 0 amide bonds. The van der Waals surface area contributed by atoms with E-state index in [1.165, 1.54) is 0 Å². The zero-order chi connectivity index (χ0) is 20.1. The lowest BCUT2D eigenvalue weighted by Crippen LogP contribution is -2.28.